The minimum atomic E-state index is -0.167. The van der Waals surface area contributed by atoms with Gasteiger partial charge in [0.1, 0.15) is 0 Å². The quantitative estimate of drug-likeness (QED) is 0.491. The first-order chi connectivity index (χ1) is 15.1. The van der Waals surface area contributed by atoms with Crippen LogP contribution < -0.4 is 5.32 Å². The van der Waals surface area contributed by atoms with Crippen molar-refractivity contribution < 1.29 is 14.7 Å². The zero-order valence-corrected chi connectivity index (χ0v) is 18.3. The monoisotopic (exact) mass is 434 g/mol. The topological polar surface area (TPSA) is 69.6 Å². The molecule has 5 nitrogen and oxygen atoms in total. The lowest BCUT2D eigenvalue weighted by atomic mass is 10.1. The molecule has 0 spiro atoms. The summed E-state index contributed by atoms with van der Waals surface area (Å²) in [5.74, 6) is -0.107. The smallest absolute Gasteiger partial charge is 0.255 e. The van der Waals surface area contributed by atoms with E-state index in [9.17, 15) is 14.7 Å². The highest BCUT2D eigenvalue weighted by atomic mass is 32.2. The lowest BCUT2D eigenvalue weighted by Gasteiger charge is -2.23. The van der Waals surface area contributed by atoms with Crippen molar-refractivity contribution in [3.63, 3.8) is 0 Å². The number of nitrogens with zero attached hydrogens (tertiary/aromatic N) is 1. The number of carbonyl (C=O) groups is 2. The zero-order chi connectivity index (χ0) is 22.1. The van der Waals surface area contributed by atoms with E-state index in [0.29, 0.717) is 12.1 Å². The molecule has 0 atom stereocenters. The number of benzene rings is 3. The van der Waals surface area contributed by atoms with Crippen LogP contribution in [0.1, 0.15) is 21.5 Å². The van der Waals surface area contributed by atoms with Crippen molar-refractivity contribution in [3.05, 3.63) is 95.6 Å². The maximum Gasteiger partial charge on any atom is 0.255 e. The van der Waals surface area contributed by atoms with Crippen LogP contribution in [0.15, 0.2) is 83.8 Å². The third-order valence-corrected chi connectivity index (χ3v) is 5.76. The van der Waals surface area contributed by atoms with Crippen LogP contribution in [0.4, 0.5) is 5.69 Å². The van der Waals surface area contributed by atoms with Crippen molar-refractivity contribution >= 4 is 29.3 Å². The molecular formula is C25H26N2O3S. The van der Waals surface area contributed by atoms with Crippen LogP contribution in [0, 0.1) is 6.92 Å². The summed E-state index contributed by atoms with van der Waals surface area (Å²) in [5, 5.41) is 12.3. The van der Waals surface area contributed by atoms with Gasteiger partial charge in [0.25, 0.3) is 5.91 Å². The van der Waals surface area contributed by atoms with Crippen LogP contribution >= 0.6 is 11.8 Å². The van der Waals surface area contributed by atoms with Crippen molar-refractivity contribution in [3.8, 4) is 0 Å². The highest BCUT2D eigenvalue weighted by molar-refractivity contribution is 8.00. The molecule has 0 saturated carbocycles. The molecule has 3 aromatic carbocycles. The first-order valence-electron chi connectivity index (χ1n) is 10.1. The molecule has 6 heteroatoms. The number of hydrogen-bond acceptors (Lipinski definition) is 4. The third-order valence-electron chi connectivity index (χ3n) is 4.68. The molecule has 31 heavy (non-hydrogen) atoms. The number of carbonyl (C=O) groups excluding carboxylic acids is 2. The molecule has 0 fully saturated rings. The van der Waals surface area contributed by atoms with Gasteiger partial charge in [-0.2, -0.15) is 0 Å². The average Bonchev–Trinajstić information content (AvgIpc) is 2.79. The minimum Gasteiger partial charge on any atom is -0.395 e. The van der Waals surface area contributed by atoms with Gasteiger partial charge in [-0.25, -0.2) is 0 Å². The average molecular weight is 435 g/mol. The van der Waals surface area contributed by atoms with E-state index in [4.69, 9.17) is 0 Å². The maximum atomic E-state index is 13.2. The molecule has 0 aliphatic carbocycles. The van der Waals surface area contributed by atoms with E-state index in [-0.39, 0.29) is 30.7 Å². The van der Waals surface area contributed by atoms with Crippen LogP contribution in [0.25, 0.3) is 0 Å². The molecule has 0 heterocycles. The van der Waals surface area contributed by atoms with E-state index in [1.807, 2.05) is 79.7 Å². The standard InChI is InChI=1S/C25H26N2O3S/c1-19-11-13-21(14-12-19)26-24(29)18-31-23-10-6-5-9-22(23)25(30)27(15-16-28)17-20-7-3-2-4-8-20/h2-14,28H,15-18H2,1H3,(H,26,29). The fraction of sp³-hybridized carbons (Fsp3) is 0.200. The van der Waals surface area contributed by atoms with Gasteiger partial charge in [0.05, 0.1) is 17.9 Å². The van der Waals surface area contributed by atoms with Crippen molar-refractivity contribution in [1.82, 2.24) is 4.90 Å². The zero-order valence-electron chi connectivity index (χ0n) is 17.5. The molecule has 0 bridgehead atoms. The highest BCUT2D eigenvalue weighted by Gasteiger charge is 2.19. The van der Waals surface area contributed by atoms with Gasteiger partial charge >= 0.3 is 0 Å². The van der Waals surface area contributed by atoms with E-state index in [1.54, 1.807) is 11.0 Å². The molecule has 0 unspecified atom stereocenters. The van der Waals surface area contributed by atoms with Crippen molar-refractivity contribution in [2.45, 2.75) is 18.4 Å². The number of nitrogens with one attached hydrogen (secondary N) is 1. The Morgan fingerprint density at radius 3 is 2.32 bits per heavy atom. The Bertz CT molecular complexity index is 1010. The van der Waals surface area contributed by atoms with E-state index < -0.39 is 0 Å². The minimum absolute atomic E-state index is 0.118. The van der Waals surface area contributed by atoms with Gasteiger partial charge in [0.15, 0.2) is 0 Å². The van der Waals surface area contributed by atoms with Gasteiger partial charge in [-0.15, -0.1) is 11.8 Å². The molecule has 160 valence electrons. The number of aryl methyl sites for hydroxylation is 1. The van der Waals surface area contributed by atoms with Crippen LogP contribution in [0.3, 0.4) is 0 Å². The van der Waals surface area contributed by atoms with Gasteiger partial charge in [0, 0.05) is 23.7 Å². The Kier molecular flexibility index (Phi) is 8.27. The van der Waals surface area contributed by atoms with Crippen LogP contribution in [-0.4, -0.2) is 40.7 Å². The summed E-state index contributed by atoms with van der Waals surface area (Å²) in [6.07, 6.45) is 0. The van der Waals surface area contributed by atoms with Crippen LogP contribution in [0.5, 0.6) is 0 Å². The summed E-state index contributed by atoms with van der Waals surface area (Å²) in [5.41, 5.74) is 3.40. The first-order valence-corrected chi connectivity index (χ1v) is 11.1. The molecule has 0 saturated heterocycles. The Balaban J connectivity index is 1.68. The fourth-order valence-electron chi connectivity index (χ4n) is 3.09. The molecule has 0 radical (unpaired) electrons. The van der Waals surface area contributed by atoms with Crippen molar-refractivity contribution in [2.24, 2.45) is 0 Å². The molecule has 3 rings (SSSR count). The van der Waals surface area contributed by atoms with E-state index in [1.165, 1.54) is 11.8 Å². The van der Waals surface area contributed by atoms with Gasteiger partial charge in [-0.05, 0) is 36.8 Å². The molecular weight excluding hydrogens is 408 g/mol. The number of thioether (sulfide) groups is 1. The molecule has 2 amide bonds. The van der Waals surface area contributed by atoms with Gasteiger partial charge in [0.2, 0.25) is 5.91 Å². The van der Waals surface area contributed by atoms with Gasteiger partial charge in [-0.1, -0.05) is 60.2 Å². The number of anilines is 1. The SMILES string of the molecule is Cc1ccc(NC(=O)CSc2ccccc2C(=O)N(CCO)Cc2ccccc2)cc1. The predicted octanol–water partition coefficient (Wildman–Crippen LogP) is 4.36. The Hall–Kier alpha value is -3.09. The molecule has 0 aliphatic rings. The third kappa shape index (κ3) is 6.70. The molecule has 0 aromatic heterocycles. The predicted molar refractivity (Wildman–Crippen MR) is 125 cm³/mol. The second kappa shape index (κ2) is 11.3. The Labute approximate surface area is 187 Å². The second-order valence-corrected chi connectivity index (χ2v) is 8.15. The summed E-state index contributed by atoms with van der Waals surface area (Å²) >= 11 is 1.33. The first kappa shape index (κ1) is 22.6. The van der Waals surface area contributed by atoms with E-state index in [0.717, 1.165) is 21.7 Å². The van der Waals surface area contributed by atoms with E-state index >= 15 is 0 Å². The normalized spacial score (nSPS) is 10.5. The summed E-state index contributed by atoms with van der Waals surface area (Å²) in [6.45, 7) is 2.52. The number of aliphatic hydroxyl groups is 1. The van der Waals surface area contributed by atoms with Gasteiger partial charge < -0.3 is 15.3 Å². The van der Waals surface area contributed by atoms with Crippen LogP contribution in [-0.2, 0) is 11.3 Å². The van der Waals surface area contributed by atoms with Crippen molar-refractivity contribution in [1.29, 1.82) is 0 Å². The maximum absolute atomic E-state index is 13.2. The second-order valence-electron chi connectivity index (χ2n) is 7.13. The number of amides is 2. The molecule has 3 aromatic rings. The number of hydrogen-bond donors (Lipinski definition) is 2. The molecule has 0 aliphatic heterocycles. The lowest BCUT2D eigenvalue weighted by molar-refractivity contribution is -0.113. The summed E-state index contributed by atoms with van der Waals surface area (Å²) in [7, 11) is 0. The van der Waals surface area contributed by atoms with Gasteiger partial charge in [-0.3, -0.25) is 9.59 Å². The highest BCUT2D eigenvalue weighted by Crippen LogP contribution is 2.25. The Morgan fingerprint density at radius 2 is 1.61 bits per heavy atom. The van der Waals surface area contributed by atoms with Crippen molar-refractivity contribution in [2.75, 3.05) is 24.2 Å². The largest absolute Gasteiger partial charge is 0.395 e. The summed E-state index contributed by atoms with van der Waals surface area (Å²) < 4.78 is 0. The Morgan fingerprint density at radius 1 is 0.935 bits per heavy atom. The summed E-state index contributed by atoms with van der Waals surface area (Å²) in [6, 6.07) is 24.6. The van der Waals surface area contributed by atoms with E-state index in [2.05, 4.69) is 5.32 Å². The number of rotatable bonds is 9. The fourth-order valence-corrected chi connectivity index (χ4v) is 3.94. The lowest BCUT2D eigenvalue weighted by Crippen LogP contribution is -2.33. The van der Waals surface area contributed by atoms with Crippen LogP contribution in [0.2, 0.25) is 0 Å². The summed E-state index contributed by atoms with van der Waals surface area (Å²) in [4.78, 5) is 28.0. The number of aliphatic hydroxyl groups excluding tert-OH is 1. The molecule has 2 N–H and O–H groups in total.